The summed E-state index contributed by atoms with van der Waals surface area (Å²) in [6.45, 7) is 3.35. The summed E-state index contributed by atoms with van der Waals surface area (Å²) in [5.74, 6) is -1.36. The molecule has 0 fully saturated rings. The first-order valence-electron chi connectivity index (χ1n) is 3.62. The van der Waals surface area contributed by atoms with Gasteiger partial charge in [0.15, 0.2) is 0 Å². The van der Waals surface area contributed by atoms with E-state index >= 15 is 0 Å². The normalized spacial score (nSPS) is 22.8. The van der Waals surface area contributed by atoms with Crippen LogP contribution < -0.4 is 0 Å². The van der Waals surface area contributed by atoms with E-state index in [9.17, 15) is 9.59 Å². The predicted octanol–water partition coefficient (Wildman–Crippen LogP) is 0.723. The van der Waals surface area contributed by atoms with Crippen molar-refractivity contribution in [2.24, 2.45) is 0 Å². The van der Waals surface area contributed by atoms with E-state index in [1.54, 1.807) is 13.8 Å². The summed E-state index contributed by atoms with van der Waals surface area (Å²) in [5, 5.41) is 8.45. The zero-order valence-corrected chi connectivity index (χ0v) is 6.96. The van der Waals surface area contributed by atoms with Crippen LogP contribution in [-0.2, 0) is 14.3 Å². The maximum atomic E-state index is 10.9. The zero-order chi connectivity index (χ0) is 9.30. The Kier molecular flexibility index (Phi) is 2.17. The van der Waals surface area contributed by atoms with Gasteiger partial charge in [0.2, 0.25) is 0 Å². The van der Waals surface area contributed by atoms with E-state index in [1.165, 1.54) is 0 Å². The number of aliphatic carboxylic acids is 1. The highest BCUT2D eigenvalue weighted by Crippen LogP contribution is 2.23. The van der Waals surface area contributed by atoms with Crippen LogP contribution in [0.2, 0.25) is 0 Å². The number of ether oxygens (including phenoxy) is 1. The maximum absolute atomic E-state index is 10.9. The van der Waals surface area contributed by atoms with E-state index < -0.39 is 18.0 Å². The lowest BCUT2D eigenvalue weighted by Crippen LogP contribution is -2.15. The summed E-state index contributed by atoms with van der Waals surface area (Å²) in [6.07, 6.45) is -0.704. The van der Waals surface area contributed by atoms with Crippen LogP contribution in [0.25, 0.3) is 0 Å². The van der Waals surface area contributed by atoms with Crippen molar-refractivity contribution in [1.29, 1.82) is 0 Å². The molecule has 12 heavy (non-hydrogen) atoms. The molecule has 0 aromatic rings. The van der Waals surface area contributed by atoms with Gasteiger partial charge in [0.25, 0.3) is 0 Å². The van der Waals surface area contributed by atoms with E-state index in [-0.39, 0.29) is 6.42 Å². The molecule has 0 saturated carbocycles. The monoisotopic (exact) mass is 170 g/mol. The average Bonchev–Trinajstić information content (AvgIpc) is 2.17. The Hall–Kier alpha value is -1.32. The third kappa shape index (κ3) is 1.47. The molecule has 0 amide bonds. The summed E-state index contributed by atoms with van der Waals surface area (Å²) in [6, 6.07) is 0. The Morgan fingerprint density at radius 1 is 1.58 bits per heavy atom. The largest absolute Gasteiger partial charge is 0.481 e. The van der Waals surface area contributed by atoms with E-state index in [4.69, 9.17) is 9.84 Å². The first-order chi connectivity index (χ1) is 5.52. The first kappa shape index (κ1) is 8.77. The average molecular weight is 170 g/mol. The van der Waals surface area contributed by atoms with E-state index in [0.29, 0.717) is 5.57 Å². The molecule has 1 heterocycles. The fourth-order valence-electron chi connectivity index (χ4n) is 1.06. The van der Waals surface area contributed by atoms with Gasteiger partial charge in [0.1, 0.15) is 6.10 Å². The SMILES string of the molecule is CC1=C(C)[C@H](CC(=O)O)OC1=O. The summed E-state index contributed by atoms with van der Waals surface area (Å²) >= 11 is 0. The number of esters is 1. The Balaban J connectivity index is 2.73. The summed E-state index contributed by atoms with van der Waals surface area (Å²) in [4.78, 5) is 21.2. The minimum atomic E-state index is -0.957. The molecule has 4 heteroatoms. The molecule has 1 aliphatic rings. The molecule has 0 aliphatic carbocycles. The molecule has 1 N–H and O–H groups in total. The van der Waals surface area contributed by atoms with Gasteiger partial charge in [-0.15, -0.1) is 0 Å². The van der Waals surface area contributed by atoms with Crippen LogP contribution in [0.4, 0.5) is 0 Å². The molecule has 0 bridgehead atoms. The maximum Gasteiger partial charge on any atom is 0.334 e. The molecular weight excluding hydrogens is 160 g/mol. The predicted molar refractivity (Wildman–Crippen MR) is 40.5 cm³/mol. The van der Waals surface area contributed by atoms with Gasteiger partial charge < -0.3 is 9.84 Å². The van der Waals surface area contributed by atoms with E-state index in [0.717, 1.165) is 5.57 Å². The second-order valence-electron chi connectivity index (χ2n) is 2.80. The molecule has 66 valence electrons. The number of hydrogen-bond acceptors (Lipinski definition) is 3. The highest BCUT2D eigenvalue weighted by molar-refractivity contribution is 5.92. The summed E-state index contributed by atoms with van der Waals surface area (Å²) in [7, 11) is 0. The molecular formula is C8H10O4. The highest BCUT2D eigenvalue weighted by atomic mass is 16.5. The molecule has 0 aromatic carbocycles. The van der Waals surface area contributed by atoms with Crippen LogP contribution >= 0.6 is 0 Å². The minimum absolute atomic E-state index is 0.144. The molecule has 1 aliphatic heterocycles. The third-order valence-electron chi connectivity index (χ3n) is 1.99. The molecule has 0 radical (unpaired) electrons. The van der Waals surface area contributed by atoms with Crippen molar-refractivity contribution in [2.45, 2.75) is 26.4 Å². The molecule has 4 nitrogen and oxygen atoms in total. The summed E-state index contributed by atoms with van der Waals surface area (Å²) in [5.41, 5.74) is 1.25. The number of rotatable bonds is 2. The van der Waals surface area contributed by atoms with Gasteiger partial charge in [-0.3, -0.25) is 4.79 Å². The van der Waals surface area contributed by atoms with Crippen LogP contribution in [0.1, 0.15) is 20.3 Å². The fraction of sp³-hybridized carbons (Fsp3) is 0.500. The number of hydrogen-bond donors (Lipinski definition) is 1. The number of carboxylic acids is 1. The Labute approximate surface area is 69.8 Å². The number of cyclic esters (lactones) is 1. The second-order valence-corrected chi connectivity index (χ2v) is 2.80. The van der Waals surface area contributed by atoms with Gasteiger partial charge in [-0.2, -0.15) is 0 Å². The quantitative estimate of drug-likeness (QED) is 0.620. The summed E-state index contributed by atoms with van der Waals surface area (Å²) < 4.78 is 4.80. The van der Waals surface area contributed by atoms with Crippen LogP contribution in [-0.4, -0.2) is 23.1 Å². The van der Waals surface area contributed by atoms with Crippen LogP contribution in [0, 0.1) is 0 Å². The van der Waals surface area contributed by atoms with Gasteiger partial charge >= 0.3 is 11.9 Å². The standard InChI is InChI=1S/C8H10O4/c1-4-5(2)8(11)12-6(4)3-7(9)10/h6H,3H2,1-2H3,(H,9,10)/t6-/m0/s1. The minimum Gasteiger partial charge on any atom is -0.481 e. The molecule has 0 aromatic heterocycles. The van der Waals surface area contributed by atoms with Crippen molar-refractivity contribution in [3.05, 3.63) is 11.1 Å². The lowest BCUT2D eigenvalue weighted by molar-refractivity contribution is -0.145. The molecule has 0 unspecified atom stereocenters. The highest BCUT2D eigenvalue weighted by Gasteiger charge is 2.29. The number of carbonyl (C=O) groups excluding carboxylic acids is 1. The zero-order valence-electron chi connectivity index (χ0n) is 6.96. The fourth-order valence-corrected chi connectivity index (χ4v) is 1.06. The Morgan fingerprint density at radius 3 is 2.50 bits per heavy atom. The van der Waals surface area contributed by atoms with E-state index in [1.807, 2.05) is 0 Å². The second kappa shape index (κ2) is 2.97. The van der Waals surface area contributed by atoms with Crippen LogP contribution in [0.15, 0.2) is 11.1 Å². The topological polar surface area (TPSA) is 63.6 Å². The van der Waals surface area contributed by atoms with Crippen molar-refractivity contribution in [3.8, 4) is 0 Å². The van der Waals surface area contributed by atoms with Crippen molar-refractivity contribution in [1.82, 2.24) is 0 Å². The lowest BCUT2D eigenvalue weighted by atomic mass is 10.1. The number of carbonyl (C=O) groups is 2. The third-order valence-corrected chi connectivity index (χ3v) is 1.99. The van der Waals surface area contributed by atoms with Crippen molar-refractivity contribution < 1.29 is 19.4 Å². The molecule has 1 rings (SSSR count). The van der Waals surface area contributed by atoms with Crippen LogP contribution in [0.5, 0.6) is 0 Å². The van der Waals surface area contributed by atoms with E-state index in [2.05, 4.69) is 0 Å². The lowest BCUT2D eigenvalue weighted by Gasteiger charge is -2.07. The van der Waals surface area contributed by atoms with Gasteiger partial charge in [-0.05, 0) is 19.4 Å². The van der Waals surface area contributed by atoms with Gasteiger partial charge in [0, 0.05) is 5.57 Å². The first-order valence-corrected chi connectivity index (χ1v) is 3.62. The molecule has 1 atom stereocenters. The smallest absolute Gasteiger partial charge is 0.334 e. The Morgan fingerprint density at radius 2 is 2.17 bits per heavy atom. The van der Waals surface area contributed by atoms with Crippen LogP contribution in [0.3, 0.4) is 0 Å². The Bertz CT molecular complexity index is 264. The van der Waals surface area contributed by atoms with Gasteiger partial charge in [0.05, 0.1) is 6.42 Å². The van der Waals surface area contributed by atoms with Crippen molar-refractivity contribution >= 4 is 11.9 Å². The van der Waals surface area contributed by atoms with Gasteiger partial charge in [-0.1, -0.05) is 0 Å². The van der Waals surface area contributed by atoms with Gasteiger partial charge in [-0.25, -0.2) is 4.79 Å². The molecule has 0 spiro atoms. The van der Waals surface area contributed by atoms with Crippen molar-refractivity contribution in [3.63, 3.8) is 0 Å². The van der Waals surface area contributed by atoms with Crippen molar-refractivity contribution in [2.75, 3.05) is 0 Å². The number of carboxylic acid groups (broad SMARTS) is 1. The molecule has 0 saturated heterocycles.